The van der Waals surface area contributed by atoms with E-state index < -0.39 is 4.92 Å². The number of nitriles is 1. The quantitative estimate of drug-likeness (QED) is 0.635. The van der Waals surface area contributed by atoms with E-state index in [4.69, 9.17) is 21.6 Å². The Morgan fingerprint density at radius 2 is 2.05 bits per heavy atom. The number of rotatable bonds is 4. The van der Waals surface area contributed by atoms with Crippen molar-refractivity contribution >= 4 is 17.3 Å². The molecule has 0 N–H and O–H groups in total. The van der Waals surface area contributed by atoms with Gasteiger partial charge in [0.05, 0.1) is 9.95 Å². The molecule has 0 amide bonds. The molecule has 2 rings (SSSR count). The molecule has 20 heavy (non-hydrogen) atoms. The number of hydrogen-bond donors (Lipinski definition) is 0. The van der Waals surface area contributed by atoms with Crippen LogP contribution >= 0.6 is 11.6 Å². The molecule has 0 atom stereocenters. The molecule has 2 aromatic carbocycles. The molecule has 6 heteroatoms. The highest BCUT2D eigenvalue weighted by molar-refractivity contribution is 6.31. The molecule has 0 spiro atoms. The van der Waals surface area contributed by atoms with E-state index in [0.717, 1.165) is 0 Å². The predicted octanol–water partition coefficient (Wildman–Crippen LogP) is 3.70. The molecule has 0 unspecified atom stereocenters. The average molecular weight is 289 g/mol. The number of benzene rings is 2. The lowest BCUT2D eigenvalue weighted by Gasteiger charge is -2.08. The van der Waals surface area contributed by atoms with E-state index in [-0.39, 0.29) is 17.9 Å². The number of nitrogens with zero attached hydrogens (tertiary/aromatic N) is 2. The van der Waals surface area contributed by atoms with Crippen molar-refractivity contribution in [2.24, 2.45) is 0 Å². The molecule has 100 valence electrons. The standard InChI is InChI=1S/C14H9ClN2O3/c15-13-5-2-6-14(12(13)8-16)20-9-10-3-1-4-11(7-10)17(18)19/h1-7H,9H2. The minimum absolute atomic E-state index is 0.00213. The zero-order valence-electron chi connectivity index (χ0n) is 10.2. The molecule has 0 heterocycles. The number of nitro benzene ring substituents is 1. The van der Waals surface area contributed by atoms with Crippen molar-refractivity contribution in [1.82, 2.24) is 0 Å². The molecule has 0 bridgehead atoms. The molecule has 0 saturated heterocycles. The fraction of sp³-hybridized carbons (Fsp3) is 0.0714. The molecule has 0 aliphatic rings. The van der Waals surface area contributed by atoms with E-state index in [2.05, 4.69) is 0 Å². The highest BCUT2D eigenvalue weighted by Crippen LogP contribution is 2.26. The molecule has 0 fully saturated rings. The first-order valence-corrected chi connectivity index (χ1v) is 6.04. The fourth-order valence-corrected chi connectivity index (χ4v) is 1.86. The summed E-state index contributed by atoms with van der Waals surface area (Å²) in [5.74, 6) is 0.353. The third-order valence-corrected chi connectivity index (χ3v) is 2.92. The Morgan fingerprint density at radius 1 is 1.30 bits per heavy atom. The van der Waals surface area contributed by atoms with Crippen LogP contribution in [0.2, 0.25) is 5.02 Å². The lowest BCUT2D eigenvalue weighted by Crippen LogP contribution is -1.98. The molecule has 0 saturated carbocycles. The van der Waals surface area contributed by atoms with Crippen LogP contribution in [0.25, 0.3) is 0 Å². The number of halogens is 1. The van der Waals surface area contributed by atoms with E-state index in [9.17, 15) is 10.1 Å². The summed E-state index contributed by atoms with van der Waals surface area (Å²) in [5, 5.41) is 20.0. The van der Waals surface area contributed by atoms with Crippen LogP contribution in [0.1, 0.15) is 11.1 Å². The SMILES string of the molecule is N#Cc1c(Cl)cccc1OCc1cccc([N+](=O)[O-])c1. The number of nitro groups is 1. The van der Waals surface area contributed by atoms with E-state index in [0.29, 0.717) is 16.3 Å². The smallest absolute Gasteiger partial charge is 0.269 e. The van der Waals surface area contributed by atoms with Crippen LogP contribution in [-0.2, 0) is 6.61 Å². The lowest BCUT2D eigenvalue weighted by atomic mass is 10.2. The first-order valence-electron chi connectivity index (χ1n) is 5.66. The van der Waals surface area contributed by atoms with Gasteiger partial charge < -0.3 is 4.74 Å². The number of non-ortho nitro benzene ring substituents is 1. The summed E-state index contributed by atoms with van der Waals surface area (Å²) in [6.45, 7) is 0.122. The molecule has 0 aliphatic carbocycles. The third-order valence-electron chi connectivity index (χ3n) is 2.60. The summed E-state index contributed by atoms with van der Waals surface area (Å²) < 4.78 is 5.50. The van der Waals surface area contributed by atoms with E-state index in [1.54, 1.807) is 30.3 Å². The first kappa shape index (κ1) is 13.8. The predicted molar refractivity (Wildman–Crippen MR) is 73.6 cm³/mol. The second-order valence-corrected chi connectivity index (χ2v) is 4.35. The lowest BCUT2D eigenvalue weighted by molar-refractivity contribution is -0.384. The Hall–Kier alpha value is -2.58. The zero-order valence-corrected chi connectivity index (χ0v) is 11.0. The minimum atomic E-state index is -0.469. The monoisotopic (exact) mass is 288 g/mol. The highest BCUT2D eigenvalue weighted by Gasteiger charge is 2.09. The largest absolute Gasteiger partial charge is 0.487 e. The molecule has 5 nitrogen and oxygen atoms in total. The van der Waals surface area contributed by atoms with Gasteiger partial charge in [-0.3, -0.25) is 10.1 Å². The van der Waals surface area contributed by atoms with Gasteiger partial charge >= 0.3 is 0 Å². The zero-order chi connectivity index (χ0) is 14.5. The second kappa shape index (κ2) is 6.04. The normalized spacial score (nSPS) is 9.80. The Bertz CT molecular complexity index is 695. The molecular weight excluding hydrogens is 280 g/mol. The summed E-state index contributed by atoms with van der Waals surface area (Å²) in [7, 11) is 0. The summed E-state index contributed by atoms with van der Waals surface area (Å²) >= 11 is 5.89. The van der Waals surface area contributed by atoms with Crippen molar-refractivity contribution in [3.8, 4) is 11.8 Å². The maximum Gasteiger partial charge on any atom is 0.269 e. The van der Waals surface area contributed by atoms with Gasteiger partial charge in [-0.15, -0.1) is 0 Å². The van der Waals surface area contributed by atoms with Crippen molar-refractivity contribution in [2.75, 3.05) is 0 Å². The molecular formula is C14H9ClN2O3. The van der Waals surface area contributed by atoms with Crippen LogP contribution in [0, 0.1) is 21.4 Å². The molecule has 0 radical (unpaired) electrons. The van der Waals surface area contributed by atoms with Crippen LogP contribution in [0.15, 0.2) is 42.5 Å². The van der Waals surface area contributed by atoms with Crippen LogP contribution in [-0.4, -0.2) is 4.92 Å². The minimum Gasteiger partial charge on any atom is -0.487 e. The second-order valence-electron chi connectivity index (χ2n) is 3.94. The third kappa shape index (κ3) is 3.05. The molecule has 0 aromatic heterocycles. The first-order chi connectivity index (χ1) is 9.61. The molecule has 2 aromatic rings. The van der Waals surface area contributed by atoms with Crippen molar-refractivity contribution < 1.29 is 9.66 Å². The van der Waals surface area contributed by atoms with Crippen LogP contribution in [0.5, 0.6) is 5.75 Å². The van der Waals surface area contributed by atoms with Gasteiger partial charge in [0.2, 0.25) is 0 Å². The fourth-order valence-electron chi connectivity index (χ4n) is 1.65. The van der Waals surface area contributed by atoms with Crippen LogP contribution < -0.4 is 4.74 Å². The van der Waals surface area contributed by atoms with E-state index >= 15 is 0 Å². The van der Waals surface area contributed by atoms with Gasteiger partial charge in [0, 0.05) is 12.1 Å². The van der Waals surface area contributed by atoms with Crippen LogP contribution in [0.4, 0.5) is 5.69 Å². The number of ether oxygens (including phenoxy) is 1. The van der Waals surface area contributed by atoms with Gasteiger partial charge in [0.15, 0.2) is 0 Å². The van der Waals surface area contributed by atoms with Gasteiger partial charge in [-0.25, -0.2) is 0 Å². The Labute approximate surface area is 120 Å². The van der Waals surface area contributed by atoms with Gasteiger partial charge in [0.25, 0.3) is 5.69 Å². The van der Waals surface area contributed by atoms with Crippen molar-refractivity contribution in [2.45, 2.75) is 6.61 Å². The van der Waals surface area contributed by atoms with Crippen molar-refractivity contribution in [3.05, 3.63) is 68.7 Å². The van der Waals surface area contributed by atoms with E-state index in [1.165, 1.54) is 12.1 Å². The van der Waals surface area contributed by atoms with Gasteiger partial charge in [-0.2, -0.15) is 5.26 Å². The van der Waals surface area contributed by atoms with Crippen molar-refractivity contribution in [1.29, 1.82) is 5.26 Å². The summed E-state index contributed by atoms with van der Waals surface area (Å²) in [6, 6.07) is 13.0. The van der Waals surface area contributed by atoms with Crippen molar-refractivity contribution in [3.63, 3.8) is 0 Å². The maximum absolute atomic E-state index is 10.7. The Morgan fingerprint density at radius 3 is 2.75 bits per heavy atom. The number of hydrogen-bond acceptors (Lipinski definition) is 4. The average Bonchev–Trinajstić information content (AvgIpc) is 2.45. The summed E-state index contributed by atoms with van der Waals surface area (Å²) in [6.07, 6.45) is 0. The topological polar surface area (TPSA) is 76.2 Å². The summed E-state index contributed by atoms with van der Waals surface area (Å²) in [5.41, 5.74) is 0.889. The Balaban J connectivity index is 2.17. The van der Waals surface area contributed by atoms with Gasteiger partial charge in [0.1, 0.15) is 24.0 Å². The van der Waals surface area contributed by atoms with Crippen LogP contribution in [0.3, 0.4) is 0 Å². The highest BCUT2D eigenvalue weighted by atomic mass is 35.5. The molecule has 0 aliphatic heterocycles. The van der Waals surface area contributed by atoms with Gasteiger partial charge in [-0.1, -0.05) is 29.8 Å². The van der Waals surface area contributed by atoms with Gasteiger partial charge in [-0.05, 0) is 17.7 Å². The summed E-state index contributed by atoms with van der Waals surface area (Å²) in [4.78, 5) is 10.2. The maximum atomic E-state index is 10.7. The van der Waals surface area contributed by atoms with E-state index in [1.807, 2.05) is 6.07 Å². The Kier molecular flexibility index (Phi) is 4.18.